The zero-order chi connectivity index (χ0) is 12.3. The van der Waals surface area contributed by atoms with Crippen LogP contribution in [0.15, 0.2) is 34.7 Å². The zero-order valence-corrected chi connectivity index (χ0v) is 10.7. The minimum absolute atomic E-state index is 0.493. The van der Waals surface area contributed by atoms with Crippen molar-refractivity contribution in [2.24, 2.45) is 5.73 Å². The second-order valence-corrected chi connectivity index (χ2v) is 4.73. The van der Waals surface area contributed by atoms with Crippen molar-refractivity contribution in [2.75, 3.05) is 0 Å². The Morgan fingerprint density at radius 1 is 1.35 bits per heavy atom. The molecule has 0 saturated heterocycles. The first kappa shape index (κ1) is 12.0. The number of hydrogen-bond donors (Lipinski definition) is 1. The summed E-state index contributed by atoms with van der Waals surface area (Å²) in [5, 5.41) is 1.82. The van der Waals surface area contributed by atoms with E-state index < -0.39 is 0 Å². The van der Waals surface area contributed by atoms with Crippen LogP contribution in [0, 0.1) is 13.8 Å². The molecule has 0 aromatic carbocycles. The summed E-state index contributed by atoms with van der Waals surface area (Å²) < 4.78 is 0. The Balaban J connectivity index is 2.38. The molecule has 0 atom stereocenters. The summed E-state index contributed by atoms with van der Waals surface area (Å²) in [6.45, 7) is 4.53. The zero-order valence-electron chi connectivity index (χ0n) is 9.84. The molecular weight excluding hydrogens is 232 g/mol. The third kappa shape index (κ3) is 2.81. The molecule has 0 saturated carbocycles. The molecule has 2 rings (SSSR count). The largest absolute Gasteiger partial charge is 0.326 e. The highest BCUT2D eigenvalue weighted by Crippen LogP contribution is 2.28. The Hall–Kier alpha value is -1.46. The third-order valence-corrected chi connectivity index (χ3v) is 3.38. The van der Waals surface area contributed by atoms with Crippen molar-refractivity contribution in [3.05, 3.63) is 41.5 Å². The SMILES string of the molecule is Cc1cc(C)c(CN)c(Sc2ccncn2)n1. The molecule has 17 heavy (non-hydrogen) atoms. The maximum absolute atomic E-state index is 5.77. The average Bonchev–Trinajstić information content (AvgIpc) is 2.30. The van der Waals surface area contributed by atoms with Gasteiger partial charge >= 0.3 is 0 Å². The molecule has 88 valence electrons. The summed E-state index contributed by atoms with van der Waals surface area (Å²) in [4.78, 5) is 12.6. The van der Waals surface area contributed by atoms with Crippen LogP contribution in [0.4, 0.5) is 0 Å². The first-order valence-corrected chi connectivity index (χ1v) is 6.13. The molecule has 0 aliphatic heterocycles. The van der Waals surface area contributed by atoms with Gasteiger partial charge in [-0.15, -0.1) is 0 Å². The number of pyridine rings is 1. The van der Waals surface area contributed by atoms with E-state index in [1.807, 2.05) is 19.1 Å². The summed E-state index contributed by atoms with van der Waals surface area (Å²) in [6, 6.07) is 3.91. The average molecular weight is 246 g/mol. The Morgan fingerprint density at radius 3 is 2.82 bits per heavy atom. The minimum Gasteiger partial charge on any atom is -0.326 e. The molecule has 2 heterocycles. The van der Waals surface area contributed by atoms with Crippen LogP contribution in [0.2, 0.25) is 0 Å². The lowest BCUT2D eigenvalue weighted by molar-refractivity contribution is 0.918. The van der Waals surface area contributed by atoms with Gasteiger partial charge in [-0.3, -0.25) is 0 Å². The lowest BCUT2D eigenvalue weighted by Gasteiger charge is -2.10. The molecule has 0 radical (unpaired) electrons. The van der Waals surface area contributed by atoms with Crippen molar-refractivity contribution in [1.29, 1.82) is 0 Å². The monoisotopic (exact) mass is 246 g/mol. The molecule has 0 aliphatic rings. The van der Waals surface area contributed by atoms with E-state index in [1.54, 1.807) is 6.20 Å². The van der Waals surface area contributed by atoms with Crippen LogP contribution in [-0.2, 0) is 6.54 Å². The predicted octanol–water partition coefficient (Wildman–Crippen LogP) is 2.10. The van der Waals surface area contributed by atoms with Gasteiger partial charge < -0.3 is 5.73 Å². The van der Waals surface area contributed by atoms with E-state index in [0.29, 0.717) is 6.54 Å². The smallest absolute Gasteiger partial charge is 0.116 e. The van der Waals surface area contributed by atoms with E-state index in [2.05, 4.69) is 21.9 Å². The molecule has 0 spiro atoms. The maximum Gasteiger partial charge on any atom is 0.116 e. The Labute approximate surface area is 105 Å². The second-order valence-electron chi connectivity index (χ2n) is 3.72. The van der Waals surface area contributed by atoms with E-state index in [9.17, 15) is 0 Å². The van der Waals surface area contributed by atoms with Crippen LogP contribution in [0.25, 0.3) is 0 Å². The van der Waals surface area contributed by atoms with Gasteiger partial charge in [0.1, 0.15) is 16.4 Å². The van der Waals surface area contributed by atoms with Crippen molar-refractivity contribution >= 4 is 11.8 Å². The van der Waals surface area contributed by atoms with Gasteiger partial charge in [-0.2, -0.15) is 0 Å². The first-order valence-electron chi connectivity index (χ1n) is 5.31. The second kappa shape index (κ2) is 5.25. The van der Waals surface area contributed by atoms with Gasteiger partial charge in [0.15, 0.2) is 0 Å². The molecule has 0 amide bonds. The summed E-state index contributed by atoms with van der Waals surface area (Å²) in [7, 11) is 0. The van der Waals surface area contributed by atoms with Crippen LogP contribution in [0.3, 0.4) is 0 Å². The van der Waals surface area contributed by atoms with Gasteiger partial charge in [-0.25, -0.2) is 15.0 Å². The van der Waals surface area contributed by atoms with Crippen molar-refractivity contribution in [3.8, 4) is 0 Å². The predicted molar refractivity (Wildman–Crippen MR) is 67.8 cm³/mol. The van der Waals surface area contributed by atoms with Gasteiger partial charge in [0.25, 0.3) is 0 Å². The highest BCUT2D eigenvalue weighted by Gasteiger charge is 2.09. The fraction of sp³-hybridized carbons (Fsp3) is 0.250. The third-order valence-electron chi connectivity index (χ3n) is 2.40. The van der Waals surface area contributed by atoms with Gasteiger partial charge in [-0.05, 0) is 43.3 Å². The number of rotatable bonds is 3. The number of aryl methyl sites for hydroxylation is 2. The van der Waals surface area contributed by atoms with Gasteiger partial charge in [-0.1, -0.05) is 0 Å². The number of aromatic nitrogens is 3. The summed E-state index contributed by atoms with van der Waals surface area (Å²) in [6.07, 6.45) is 3.26. The van der Waals surface area contributed by atoms with E-state index in [-0.39, 0.29) is 0 Å². The molecule has 0 unspecified atom stereocenters. The van der Waals surface area contributed by atoms with Crippen LogP contribution in [0.5, 0.6) is 0 Å². The standard InChI is InChI=1S/C12H14N4S/c1-8-5-9(2)16-12(10(8)6-13)17-11-3-4-14-7-15-11/h3-5,7H,6,13H2,1-2H3. The quantitative estimate of drug-likeness (QED) is 0.840. The fourth-order valence-electron chi connectivity index (χ4n) is 1.60. The van der Waals surface area contributed by atoms with Gasteiger partial charge in [0, 0.05) is 24.0 Å². The molecule has 4 nitrogen and oxygen atoms in total. The molecule has 2 N–H and O–H groups in total. The molecule has 2 aromatic heterocycles. The molecule has 0 bridgehead atoms. The summed E-state index contributed by atoms with van der Waals surface area (Å²) >= 11 is 1.52. The van der Waals surface area contributed by atoms with Crippen LogP contribution in [0.1, 0.15) is 16.8 Å². The van der Waals surface area contributed by atoms with Crippen LogP contribution < -0.4 is 5.73 Å². The van der Waals surface area contributed by atoms with E-state index in [1.165, 1.54) is 23.7 Å². The van der Waals surface area contributed by atoms with Crippen LogP contribution in [-0.4, -0.2) is 15.0 Å². The van der Waals surface area contributed by atoms with Crippen LogP contribution >= 0.6 is 11.8 Å². The Kier molecular flexibility index (Phi) is 3.71. The molecule has 2 aromatic rings. The number of nitrogens with zero attached hydrogens (tertiary/aromatic N) is 3. The topological polar surface area (TPSA) is 64.7 Å². The molecule has 0 fully saturated rings. The van der Waals surface area contributed by atoms with E-state index in [4.69, 9.17) is 5.73 Å². The highest BCUT2D eigenvalue weighted by atomic mass is 32.2. The Morgan fingerprint density at radius 2 is 2.18 bits per heavy atom. The maximum atomic E-state index is 5.77. The molecule has 5 heteroatoms. The van der Waals surface area contributed by atoms with Gasteiger partial charge in [0.2, 0.25) is 0 Å². The highest BCUT2D eigenvalue weighted by molar-refractivity contribution is 7.99. The van der Waals surface area contributed by atoms with Crippen molar-refractivity contribution in [3.63, 3.8) is 0 Å². The van der Waals surface area contributed by atoms with Gasteiger partial charge in [0.05, 0.1) is 0 Å². The lowest BCUT2D eigenvalue weighted by atomic mass is 10.1. The van der Waals surface area contributed by atoms with E-state index in [0.717, 1.165) is 21.3 Å². The van der Waals surface area contributed by atoms with Crippen molar-refractivity contribution in [1.82, 2.24) is 15.0 Å². The summed E-state index contributed by atoms with van der Waals surface area (Å²) in [5.74, 6) is 0. The molecule has 0 aliphatic carbocycles. The number of nitrogens with two attached hydrogens (primary N) is 1. The normalized spacial score (nSPS) is 10.5. The lowest BCUT2D eigenvalue weighted by Crippen LogP contribution is -2.04. The summed E-state index contributed by atoms with van der Waals surface area (Å²) in [5.41, 5.74) is 9.03. The Bertz CT molecular complexity index is 513. The fourth-order valence-corrected chi connectivity index (χ4v) is 2.58. The molecular formula is C12H14N4S. The number of hydrogen-bond acceptors (Lipinski definition) is 5. The van der Waals surface area contributed by atoms with Crippen molar-refractivity contribution in [2.45, 2.75) is 30.4 Å². The van der Waals surface area contributed by atoms with Crippen molar-refractivity contribution < 1.29 is 0 Å². The first-order chi connectivity index (χ1) is 8.20. The minimum atomic E-state index is 0.493. The van der Waals surface area contributed by atoms with E-state index >= 15 is 0 Å².